The van der Waals surface area contributed by atoms with Crippen LogP contribution in [-0.2, 0) is 0 Å². The summed E-state index contributed by atoms with van der Waals surface area (Å²) in [7, 11) is 0. The SMILES string of the molecule is N#Cc1nc(C=Cc2ccc(Cl)cc2)oc1N1CCNCC1. The van der Waals surface area contributed by atoms with Gasteiger partial charge < -0.3 is 14.6 Å². The molecule has 0 saturated carbocycles. The molecule has 1 aliphatic rings. The van der Waals surface area contributed by atoms with Crippen LogP contribution in [-0.4, -0.2) is 31.2 Å². The van der Waals surface area contributed by atoms with Gasteiger partial charge in [-0.2, -0.15) is 10.2 Å². The molecule has 0 aliphatic carbocycles. The van der Waals surface area contributed by atoms with Crippen LogP contribution in [0.1, 0.15) is 17.1 Å². The molecule has 2 aromatic rings. The monoisotopic (exact) mass is 314 g/mol. The number of hydrogen-bond acceptors (Lipinski definition) is 5. The molecule has 0 amide bonds. The van der Waals surface area contributed by atoms with Crippen molar-refractivity contribution in [1.29, 1.82) is 5.26 Å². The minimum atomic E-state index is 0.331. The van der Waals surface area contributed by atoms with Crippen molar-refractivity contribution in [2.45, 2.75) is 0 Å². The molecule has 22 heavy (non-hydrogen) atoms. The van der Waals surface area contributed by atoms with E-state index in [1.807, 2.05) is 35.2 Å². The van der Waals surface area contributed by atoms with E-state index in [0.29, 0.717) is 22.5 Å². The van der Waals surface area contributed by atoms with Gasteiger partial charge in [-0.25, -0.2) is 0 Å². The molecule has 3 rings (SSSR count). The third-order valence-electron chi connectivity index (χ3n) is 3.42. The van der Waals surface area contributed by atoms with Gasteiger partial charge in [0.05, 0.1) is 0 Å². The number of nitriles is 1. The van der Waals surface area contributed by atoms with Crippen molar-refractivity contribution in [2.75, 3.05) is 31.1 Å². The van der Waals surface area contributed by atoms with Crippen molar-refractivity contribution in [3.8, 4) is 6.07 Å². The van der Waals surface area contributed by atoms with Crippen molar-refractivity contribution < 1.29 is 4.42 Å². The van der Waals surface area contributed by atoms with Crippen molar-refractivity contribution in [3.05, 3.63) is 46.4 Å². The number of rotatable bonds is 3. The van der Waals surface area contributed by atoms with Gasteiger partial charge >= 0.3 is 0 Å². The minimum Gasteiger partial charge on any atom is -0.420 e. The predicted molar refractivity (Wildman–Crippen MR) is 86.7 cm³/mol. The van der Waals surface area contributed by atoms with E-state index in [0.717, 1.165) is 31.7 Å². The van der Waals surface area contributed by atoms with Crippen LogP contribution < -0.4 is 10.2 Å². The zero-order valence-corrected chi connectivity index (χ0v) is 12.7. The van der Waals surface area contributed by atoms with Crippen LogP contribution in [0, 0.1) is 11.3 Å². The highest BCUT2D eigenvalue weighted by Gasteiger charge is 2.20. The third kappa shape index (κ3) is 3.30. The summed E-state index contributed by atoms with van der Waals surface area (Å²) in [5.41, 5.74) is 1.32. The predicted octanol–water partition coefficient (Wildman–Crippen LogP) is 2.78. The Morgan fingerprint density at radius 3 is 2.64 bits per heavy atom. The summed E-state index contributed by atoms with van der Waals surface area (Å²) in [6, 6.07) is 9.56. The Hall–Kier alpha value is -2.29. The summed E-state index contributed by atoms with van der Waals surface area (Å²) in [6.45, 7) is 3.37. The largest absolute Gasteiger partial charge is 0.420 e. The van der Waals surface area contributed by atoms with E-state index in [2.05, 4.69) is 16.4 Å². The number of nitrogens with zero attached hydrogens (tertiary/aromatic N) is 3. The van der Waals surface area contributed by atoms with Gasteiger partial charge in [0, 0.05) is 37.3 Å². The number of oxazole rings is 1. The molecule has 112 valence electrons. The lowest BCUT2D eigenvalue weighted by molar-refractivity contribution is 0.498. The maximum Gasteiger partial charge on any atom is 0.235 e. The third-order valence-corrected chi connectivity index (χ3v) is 3.68. The van der Waals surface area contributed by atoms with Gasteiger partial charge in [0.1, 0.15) is 6.07 Å². The van der Waals surface area contributed by atoms with Crippen LogP contribution in [0.3, 0.4) is 0 Å². The summed E-state index contributed by atoms with van der Waals surface area (Å²) in [6.07, 6.45) is 3.64. The lowest BCUT2D eigenvalue weighted by Crippen LogP contribution is -2.43. The van der Waals surface area contributed by atoms with Crippen molar-refractivity contribution in [3.63, 3.8) is 0 Å². The van der Waals surface area contributed by atoms with Gasteiger partial charge in [-0.1, -0.05) is 23.7 Å². The van der Waals surface area contributed by atoms with Crippen LogP contribution in [0.15, 0.2) is 28.7 Å². The molecular weight excluding hydrogens is 300 g/mol. The zero-order chi connectivity index (χ0) is 15.4. The van der Waals surface area contributed by atoms with Gasteiger partial charge in [0.15, 0.2) is 0 Å². The maximum atomic E-state index is 9.22. The fraction of sp³-hybridized carbons (Fsp3) is 0.250. The average molecular weight is 315 g/mol. The molecule has 1 N–H and O–H groups in total. The number of anilines is 1. The van der Waals surface area contributed by atoms with E-state index in [9.17, 15) is 5.26 Å². The Morgan fingerprint density at radius 2 is 1.95 bits per heavy atom. The Bertz CT molecular complexity index is 709. The fourth-order valence-electron chi connectivity index (χ4n) is 2.30. The average Bonchev–Trinajstić information content (AvgIpc) is 2.98. The van der Waals surface area contributed by atoms with Crippen LogP contribution in [0.2, 0.25) is 5.02 Å². The fourth-order valence-corrected chi connectivity index (χ4v) is 2.42. The summed E-state index contributed by atoms with van der Waals surface area (Å²) >= 11 is 5.86. The molecule has 1 aromatic heterocycles. The minimum absolute atomic E-state index is 0.331. The van der Waals surface area contributed by atoms with Gasteiger partial charge in [0.25, 0.3) is 0 Å². The number of hydrogen-bond donors (Lipinski definition) is 1. The number of aromatic nitrogens is 1. The van der Waals surface area contributed by atoms with E-state index in [1.54, 1.807) is 6.08 Å². The molecule has 2 heterocycles. The lowest BCUT2D eigenvalue weighted by atomic mass is 10.2. The maximum absolute atomic E-state index is 9.22. The number of piperazine rings is 1. The molecule has 6 heteroatoms. The highest BCUT2D eigenvalue weighted by atomic mass is 35.5. The highest BCUT2D eigenvalue weighted by Crippen LogP contribution is 2.23. The second-order valence-electron chi connectivity index (χ2n) is 4.94. The summed E-state index contributed by atoms with van der Waals surface area (Å²) < 4.78 is 5.74. The quantitative estimate of drug-likeness (QED) is 0.943. The Labute approximate surface area is 133 Å². The van der Waals surface area contributed by atoms with E-state index in [1.165, 1.54) is 0 Å². The first-order valence-corrected chi connectivity index (χ1v) is 7.44. The van der Waals surface area contributed by atoms with Crippen LogP contribution in [0.25, 0.3) is 12.2 Å². The van der Waals surface area contributed by atoms with Crippen LogP contribution in [0.4, 0.5) is 5.88 Å². The molecule has 1 fully saturated rings. The molecule has 0 radical (unpaired) electrons. The van der Waals surface area contributed by atoms with Gasteiger partial charge in [-0.05, 0) is 23.8 Å². The molecule has 0 spiro atoms. The molecule has 0 bridgehead atoms. The molecule has 0 unspecified atom stereocenters. The second kappa shape index (κ2) is 6.65. The number of benzene rings is 1. The smallest absolute Gasteiger partial charge is 0.235 e. The lowest BCUT2D eigenvalue weighted by Gasteiger charge is -2.26. The topological polar surface area (TPSA) is 65.1 Å². The van der Waals surface area contributed by atoms with E-state index < -0.39 is 0 Å². The molecule has 1 aliphatic heterocycles. The van der Waals surface area contributed by atoms with Crippen molar-refractivity contribution >= 4 is 29.6 Å². The van der Waals surface area contributed by atoms with E-state index in [-0.39, 0.29) is 0 Å². The zero-order valence-electron chi connectivity index (χ0n) is 11.9. The standard InChI is InChI=1S/C16H15ClN4O/c17-13-4-1-12(2-5-13)3-6-15-20-14(11-18)16(22-15)21-9-7-19-8-10-21/h1-6,19H,7-10H2. The van der Waals surface area contributed by atoms with Gasteiger partial charge in [-0.3, -0.25) is 0 Å². The highest BCUT2D eigenvalue weighted by molar-refractivity contribution is 6.30. The van der Waals surface area contributed by atoms with Crippen molar-refractivity contribution in [1.82, 2.24) is 10.3 Å². The first-order valence-electron chi connectivity index (χ1n) is 7.06. The first kappa shape index (κ1) is 14.6. The van der Waals surface area contributed by atoms with Crippen molar-refractivity contribution in [2.24, 2.45) is 0 Å². The first-order chi connectivity index (χ1) is 10.8. The van der Waals surface area contributed by atoms with Gasteiger partial charge in [-0.15, -0.1) is 0 Å². The number of nitrogens with one attached hydrogen (secondary N) is 1. The molecule has 0 atom stereocenters. The molecule has 1 saturated heterocycles. The van der Waals surface area contributed by atoms with E-state index >= 15 is 0 Å². The summed E-state index contributed by atoms with van der Waals surface area (Å²) in [4.78, 5) is 6.28. The number of halogens is 1. The van der Waals surface area contributed by atoms with Gasteiger partial charge in [0.2, 0.25) is 17.5 Å². The van der Waals surface area contributed by atoms with Crippen LogP contribution in [0.5, 0.6) is 0 Å². The second-order valence-corrected chi connectivity index (χ2v) is 5.38. The van der Waals surface area contributed by atoms with Crippen LogP contribution >= 0.6 is 11.6 Å². The van der Waals surface area contributed by atoms with E-state index in [4.69, 9.17) is 16.0 Å². The Balaban J connectivity index is 1.81. The summed E-state index contributed by atoms with van der Waals surface area (Å²) in [5.74, 6) is 0.986. The molecule has 1 aromatic carbocycles. The molecular formula is C16H15ClN4O. The normalized spacial score (nSPS) is 15.2. The summed E-state index contributed by atoms with van der Waals surface area (Å²) in [5, 5.41) is 13.2. The Kier molecular flexibility index (Phi) is 4.42. The molecule has 5 nitrogen and oxygen atoms in total. The Morgan fingerprint density at radius 1 is 1.23 bits per heavy atom.